The van der Waals surface area contributed by atoms with E-state index in [4.69, 9.17) is 10.8 Å². The maximum Gasteiger partial charge on any atom is 0.365 e. The van der Waals surface area contributed by atoms with Crippen molar-refractivity contribution in [3.63, 3.8) is 0 Å². The summed E-state index contributed by atoms with van der Waals surface area (Å²) in [5.74, 6) is -0.941. The molecule has 14 heavy (non-hydrogen) atoms. The van der Waals surface area contributed by atoms with Crippen molar-refractivity contribution in [2.45, 2.75) is 13.0 Å². The van der Waals surface area contributed by atoms with Crippen molar-refractivity contribution in [3.05, 3.63) is 15.6 Å². The number of fused-ring (bicyclic) bond motifs is 1. The first-order valence-electron chi connectivity index (χ1n) is 4.35. The van der Waals surface area contributed by atoms with Gasteiger partial charge in [0.2, 0.25) is 5.01 Å². The van der Waals surface area contributed by atoms with Gasteiger partial charge in [0.25, 0.3) is 0 Å². The number of nitrogens with two attached hydrogens (primary N) is 1. The van der Waals surface area contributed by atoms with Gasteiger partial charge in [0, 0.05) is 31.1 Å². The van der Waals surface area contributed by atoms with Crippen molar-refractivity contribution < 1.29 is 9.90 Å². The van der Waals surface area contributed by atoms with Crippen LogP contribution >= 0.6 is 11.3 Å². The third kappa shape index (κ3) is 1.63. The minimum absolute atomic E-state index is 0.189. The Morgan fingerprint density at radius 3 is 3.14 bits per heavy atom. The molecule has 0 aliphatic carbocycles. The summed E-state index contributed by atoms with van der Waals surface area (Å²) < 4.78 is 0. The van der Waals surface area contributed by atoms with Gasteiger partial charge in [-0.05, 0) is 0 Å². The lowest BCUT2D eigenvalue weighted by molar-refractivity contribution is 0.0696. The van der Waals surface area contributed by atoms with Crippen LogP contribution in [0.2, 0.25) is 0 Å². The molecule has 1 aromatic heterocycles. The van der Waals surface area contributed by atoms with Gasteiger partial charge < -0.3 is 10.8 Å². The molecule has 0 amide bonds. The highest BCUT2D eigenvalue weighted by Crippen LogP contribution is 2.24. The normalized spacial score (nSPS) is 16.6. The first-order valence-corrected chi connectivity index (χ1v) is 5.16. The number of nitrogens with zero attached hydrogens (tertiary/aromatic N) is 2. The maximum absolute atomic E-state index is 10.7. The van der Waals surface area contributed by atoms with Crippen LogP contribution in [0.3, 0.4) is 0 Å². The zero-order valence-corrected chi connectivity index (χ0v) is 8.38. The minimum Gasteiger partial charge on any atom is -0.476 e. The summed E-state index contributed by atoms with van der Waals surface area (Å²) in [6.45, 7) is 2.11. The molecule has 0 aromatic carbocycles. The number of carboxylic acid groups (broad SMARTS) is 1. The molecule has 1 aromatic rings. The van der Waals surface area contributed by atoms with Gasteiger partial charge in [-0.1, -0.05) is 0 Å². The fraction of sp³-hybridized carbons (Fsp3) is 0.500. The lowest BCUT2D eigenvalue weighted by Crippen LogP contribution is -2.34. The van der Waals surface area contributed by atoms with Crippen LogP contribution in [0.4, 0.5) is 0 Å². The molecule has 0 radical (unpaired) electrons. The van der Waals surface area contributed by atoms with Crippen LogP contribution in [-0.2, 0) is 13.0 Å². The van der Waals surface area contributed by atoms with Gasteiger partial charge in [0.05, 0.1) is 5.69 Å². The van der Waals surface area contributed by atoms with E-state index in [0.717, 1.165) is 30.1 Å². The van der Waals surface area contributed by atoms with Crippen LogP contribution in [0, 0.1) is 0 Å². The monoisotopic (exact) mass is 213 g/mol. The third-order valence-electron chi connectivity index (χ3n) is 2.25. The molecule has 5 nitrogen and oxygen atoms in total. The van der Waals surface area contributed by atoms with Crippen molar-refractivity contribution >= 4 is 17.3 Å². The Morgan fingerprint density at radius 1 is 1.71 bits per heavy atom. The first kappa shape index (κ1) is 9.57. The fourth-order valence-corrected chi connectivity index (χ4v) is 2.48. The Balaban J connectivity index is 2.25. The maximum atomic E-state index is 10.7. The number of aromatic carboxylic acids is 1. The second kappa shape index (κ2) is 3.64. The molecule has 2 rings (SSSR count). The van der Waals surface area contributed by atoms with Gasteiger partial charge in [0.1, 0.15) is 0 Å². The number of thiazole rings is 1. The predicted octanol–water partition coefficient (Wildman–Crippen LogP) is 0.116. The largest absolute Gasteiger partial charge is 0.476 e. The summed E-state index contributed by atoms with van der Waals surface area (Å²) in [4.78, 5) is 17.9. The lowest BCUT2D eigenvalue weighted by Gasteiger charge is -2.23. The van der Waals surface area contributed by atoms with Crippen LogP contribution in [-0.4, -0.2) is 34.2 Å². The third-order valence-corrected chi connectivity index (χ3v) is 3.32. The molecule has 1 aliphatic heterocycles. The topological polar surface area (TPSA) is 79.5 Å². The highest BCUT2D eigenvalue weighted by Gasteiger charge is 2.21. The fourth-order valence-electron chi connectivity index (χ4n) is 1.50. The highest BCUT2D eigenvalue weighted by molar-refractivity contribution is 7.13. The summed E-state index contributed by atoms with van der Waals surface area (Å²) >= 11 is 1.25. The zero-order chi connectivity index (χ0) is 10.1. The van der Waals surface area contributed by atoms with Crippen LogP contribution < -0.4 is 5.73 Å². The molecule has 0 saturated heterocycles. The molecule has 0 atom stereocenters. The van der Waals surface area contributed by atoms with Crippen molar-refractivity contribution in [1.29, 1.82) is 0 Å². The van der Waals surface area contributed by atoms with Crippen LogP contribution in [0.25, 0.3) is 0 Å². The first-order chi connectivity index (χ1) is 6.70. The summed E-state index contributed by atoms with van der Waals surface area (Å²) in [5.41, 5.74) is 6.45. The second-order valence-electron chi connectivity index (χ2n) is 3.18. The summed E-state index contributed by atoms with van der Waals surface area (Å²) in [7, 11) is 0. The molecular weight excluding hydrogens is 202 g/mol. The smallest absolute Gasteiger partial charge is 0.365 e. The molecule has 3 N–H and O–H groups in total. The van der Waals surface area contributed by atoms with E-state index in [0.29, 0.717) is 6.67 Å². The summed E-state index contributed by atoms with van der Waals surface area (Å²) in [6.07, 6.45) is 0.802. The van der Waals surface area contributed by atoms with Gasteiger partial charge >= 0.3 is 5.97 Å². The molecular formula is C8H11N3O2S. The Labute approximate surface area is 85.2 Å². The SMILES string of the molecule is NCN1CCc2nc(C(=O)O)sc2C1. The predicted molar refractivity (Wildman–Crippen MR) is 52.2 cm³/mol. The lowest BCUT2D eigenvalue weighted by atomic mass is 10.2. The molecule has 2 heterocycles. The van der Waals surface area contributed by atoms with Gasteiger partial charge in [-0.15, -0.1) is 11.3 Å². The molecule has 6 heteroatoms. The Kier molecular flexibility index (Phi) is 2.49. The number of hydrogen-bond donors (Lipinski definition) is 2. The van der Waals surface area contributed by atoms with Crippen LogP contribution in [0.15, 0.2) is 0 Å². The van der Waals surface area contributed by atoms with E-state index in [2.05, 4.69) is 9.88 Å². The van der Waals surface area contributed by atoms with E-state index in [1.165, 1.54) is 11.3 Å². The second-order valence-corrected chi connectivity index (χ2v) is 4.26. The quantitative estimate of drug-likeness (QED) is 0.729. The summed E-state index contributed by atoms with van der Waals surface area (Å²) in [6, 6.07) is 0. The van der Waals surface area contributed by atoms with E-state index in [1.807, 2.05) is 0 Å². The number of aromatic nitrogens is 1. The van der Waals surface area contributed by atoms with E-state index in [-0.39, 0.29) is 5.01 Å². The van der Waals surface area contributed by atoms with Crippen molar-refractivity contribution in [1.82, 2.24) is 9.88 Å². The van der Waals surface area contributed by atoms with E-state index >= 15 is 0 Å². The van der Waals surface area contributed by atoms with Crippen LogP contribution in [0.5, 0.6) is 0 Å². The van der Waals surface area contributed by atoms with Crippen molar-refractivity contribution in [2.75, 3.05) is 13.2 Å². The Morgan fingerprint density at radius 2 is 2.50 bits per heavy atom. The molecule has 1 aliphatic rings. The Hall–Kier alpha value is -0.980. The van der Waals surface area contributed by atoms with Gasteiger partial charge in [-0.25, -0.2) is 9.78 Å². The summed E-state index contributed by atoms with van der Waals surface area (Å²) in [5, 5.41) is 8.96. The molecule has 76 valence electrons. The average molecular weight is 213 g/mol. The van der Waals surface area contributed by atoms with E-state index in [9.17, 15) is 4.79 Å². The van der Waals surface area contributed by atoms with Gasteiger partial charge in [0.15, 0.2) is 0 Å². The van der Waals surface area contributed by atoms with Gasteiger partial charge in [-0.3, -0.25) is 4.90 Å². The molecule has 0 bridgehead atoms. The Bertz CT molecular complexity index is 363. The van der Waals surface area contributed by atoms with Gasteiger partial charge in [-0.2, -0.15) is 0 Å². The standard InChI is InChI=1S/C8H11N3O2S/c9-4-11-2-1-5-6(3-11)14-7(10-5)8(12)13/h1-4,9H2,(H,12,13). The molecule has 0 spiro atoms. The zero-order valence-electron chi connectivity index (χ0n) is 7.56. The molecule has 0 saturated carbocycles. The van der Waals surface area contributed by atoms with E-state index < -0.39 is 5.97 Å². The number of carbonyl (C=O) groups is 1. The molecule has 0 unspecified atom stereocenters. The number of carboxylic acids is 1. The number of hydrogen-bond acceptors (Lipinski definition) is 5. The highest BCUT2D eigenvalue weighted by atomic mass is 32.1. The molecule has 0 fully saturated rings. The van der Waals surface area contributed by atoms with Crippen LogP contribution in [0.1, 0.15) is 20.4 Å². The average Bonchev–Trinajstić information content (AvgIpc) is 2.59. The van der Waals surface area contributed by atoms with Crippen molar-refractivity contribution in [2.24, 2.45) is 5.73 Å². The van der Waals surface area contributed by atoms with Crippen molar-refractivity contribution in [3.8, 4) is 0 Å². The van der Waals surface area contributed by atoms with E-state index in [1.54, 1.807) is 0 Å². The number of rotatable bonds is 2. The minimum atomic E-state index is -0.941.